The minimum atomic E-state index is -4.55. The van der Waals surface area contributed by atoms with Crippen LogP contribution in [-0.4, -0.2) is 107 Å². The van der Waals surface area contributed by atoms with Crippen LogP contribution in [0.2, 0.25) is 0 Å². The summed E-state index contributed by atoms with van der Waals surface area (Å²) in [7, 11) is -3.22. The van der Waals surface area contributed by atoms with Crippen molar-refractivity contribution in [2.75, 3.05) is 56.5 Å². The number of hydrogen-bond donors (Lipinski definition) is 5. The number of hydrogen-bond acceptors (Lipinski definition) is 13. The van der Waals surface area contributed by atoms with Crippen LogP contribution < -0.4 is 24.7 Å². The number of aromatic amines is 1. The maximum absolute atomic E-state index is 14.7. The van der Waals surface area contributed by atoms with Crippen LogP contribution in [0.25, 0.3) is 11.0 Å². The maximum atomic E-state index is 14.7. The first-order chi connectivity index (χ1) is 35.0. The first-order valence-corrected chi connectivity index (χ1v) is 27.2. The number of ether oxygens (including phenoxy) is 1. The number of benzene rings is 2. The van der Waals surface area contributed by atoms with E-state index in [0.717, 1.165) is 89.7 Å². The first kappa shape index (κ1) is 50.5. The highest BCUT2D eigenvalue weighted by molar-refractivity contribution is 7.90. The Kier molecular flexibility index (Phi) is 14.3. The van der Waals surface area contributed by atoms with Gasteiger partial charge in [0.15, 0.2) is 11.5 Å². The molecule has 2 aromatic carbocycles. The quantitative estimate of drug-likeness (QED) is 0.0625. The minimum Gasteiger partial charge on any atom is -0.629 e. The molecule has 1 amide bonds. The molecule has 2 atom stereocenters. The van der Waals surface area contributed by atoms with E-state index < -0.39 is 32.4 Å². The fourth-order valence-electron chi connectivity index (χ4n) is 11.7. The van der Waals surface area contributed by atoms with E-state index in [0.29, 0.717) is 43.0 Å². The number of sulfonamides is 1. The van der Waals surface area contributed by atoms with E-state index in [1.54, 1.807) is 18.2 Å². The van der Waals surface area contributed by atoms with E-state index in [1.807, 2.05) is 19.3 Å². The number of pyridine rings is 3. The number of piperazine rings is 1. The van der Waals surface area contributed by atoms with Gasteiger partial charge in [-0.2, -0.15) is 0 Å². The number of rotatable bonds is 15. The number of aliphatic hydroxyl groups is 1. The molecule has 4 aromatic heterocycles. The maximum Gasteiger partial charge on any atom is 0.268 e. The molecule has 0 bridgehead atoms. The number of aromatic nitrogens is 4. The number of piperidine rings is 1. The van der Waals surface area contributed by atoms with Crippen molar-refractivity contribution in [3.63, 3.8) is 0 Å². The summed E-state index contributed by atoms with van der Waals surface area (Å²) in [5, 5.41) is 26.2. The van der Waals surface area contributed by atoms with Gasteiger partial charge in [0.25, 0.3) is 15.9 Å². The minimum absolute atomic E-state index is 0.0633. The lowest BCUT2D eigenvalue weighted by Crippen LogP contribution is -2.98. The third-order valence-corrected chi connectivity index (χ3v) is 17.3. The van der Waals surface area contributed by atoms with Gasteiger partial charge in [-0.1, -0.05) is 38.1 Å². The monoisotopic (exact) mass is 1010 g/mol. The number of carbonyl (C=O) groups excluding carboxylic acids is 1. The number of anilines is 2. The highest BCUT2D eigenvalue weighted by Crippen LogP contribution is 2.53. The summed E-state index contributed by atoms with van der Waals surface area (Å²) in [4.78, 5) is 37.1. The Morgan fingerprint density at radius 2 is 1.74 bits per heavy atom. The highest BCUT2D eigenvalue weighted by atomic mass is 32.2. The topological polar surface area (TPSA) is 196 Å². The van der Waals surface area contributed by atoms with Crippen molar-refractivity contribution in [3.05, 3.63) is 131 Å². The Morgan fingerprint density at radius 1 is 0.986 bits per heavy atom. The molecule has 4 fully saturated rings. The van der Waals surface area contributed by atoms with E-state index in [-0.39, 0.29) is 50.2 Å². The van der Waals surface area contributed by atoms with Crippen LogP contribution in [0.3, 0.4) is 0 Å². The van der Waals surface area contributed by atoms with Crippen LogP contribution >= 0.6 is 0 Å². The third kappa shape index (κ3) is 11.1. The summed E-state index contributed by atoms with van der Waals surface area (Å²) in [5.41, 5.74) is 4.77. The van der Waals surface area contributed by atoms with Crippen molar-refractivity contribution in [3.8, 4) is 11.5 Å². The second-order valence-electron chi connectivity index (χ2n) is 21.5. The number of nitrogens with one attached hydrogen (secondary N) is 4. The van der Waals surface area contributed by atoms with Crippen molar-refractivity contribution < 1.29 is 32.5 Å². The van der Waals surface area contributed by atoms with Crippen molar-refractivity contribution >= 4 is 44.2 Å². The Hall–Kier alpha value is -6.02. The molecule has 4 aliphatic rings. The number of hydroxylamine groups is 1. The normalized spacial score (nSPS) is 22.3. The molecule has 1 unspecified atom stereocenters. The zero-order chi connectivity index (χ0) is 51.1. The van der Waals surface area contributed by atoms with Gasteiger partial charge in [0.1, 0.15) is 27.9 Å². The highest BCUT2D eigenvalue weighted by Gasteiger charge is 2.50. The molecule has 6 heterocycles. The second-order valence-corrected chi connectivity index (χ2v) is 23.2. The molecule has 5 N–H and O–H groups in total. The van der Waals surface area contributed by atoms with E-state index >= 15 is 0 Å². The second kappa shape index (κ2) is 20.7. The van der Waals surface area contributed by atoms with Crippen LogP contribution in [0.1, 0.15) is 111 Å². The molecule has 73 heavy (non-hydrogen) atoms. The first-order valence-electron chi connectivity index (χ1n) is 25.7. The number of nitrogens with zero attached hydrogens (tertiary/aromatic N) is 6. The number of halogens is 1. The van der Waals surface area contributed by atoms with Gasteiger partial charge in [-0.3, -0.25) is 19.6 Å². The fourth-order valence-corrected chi connectivity index (χ4v) is 12.7. The Morgan fingerprint density at radius 3 is 2.48 bits per heavy atom. The molecule has 18 heteroatoms. The summed E-state index contributed by atoms with van der Waals surface area (Å²) in [6.07, 6.45) is 14.7. The van der Waals surface area contributed by atoms with Gasteiger partial charge in [-0.05, 0) is 123 Å². The summed E-state index contributed by atoms with van der Waals surface area (Å²) >= 11 is 0. The number of fused-ring (bicyclic) bond motifs is 1. The molecule has 1 spiro atoms. The lowest BCUT2D eigenvalue weighted by Gasteiger charge is -2.58. The molecule has 10 rings (SSSR count). The number of amides is 1. The predicted octanol–water partition coefficient (Wildman–Crippen LogP) is 7.83. The number of H-pyrrole nitrogens is 1. The van der Waals surface area contributed by atoms with E-state index in [1.165, 1.54) is 48.3 Å². The van der Waals surface area contributed by atoms with E-state index in [2.05, 4.69) is 94.9 Å². The Balaban J connectivity index is 0.840. The predicted molar refractivity (Wildman–Crippen MR) is 279 cm³/mol. The largest absolute Gasteiger partial charge is 0.629 e. The van der Waals surface area contributed by atoms with Crippen molar-refractivity contribution in [1.82, 2.24) is 34.5 Å². The SMILES string of the molecule is CC(C)c1ccccc1[C@@H]1CN(Cc2ccncc2)CCN1C1CC2(CCN(c3ccc(C(=O)NS(=O)(=O)c4cnc(NCC5CCC(C)(O)CC5)c([NH+](C)[O-])c4)c(Oc4cnc5[nH]cc(F)c5c4)c3)CC2)C1. The van der Waals surface area contributed by atoms with Gasteiger partial charge in [-0.25, -0.2) is 27.5 Å². The molecular formula is C55H67FN10O6S. The third-order valence-electron chi connectivity index (χ3n) is 16.0. The molecule has 2 aliphatic carbocycles. The zero-order valence-corrected chi connectivity index (χ0v) is 42.9. The van der Waals surface area contributed by atoms with Crippen LogP contribution in [0.15, 0.2) is 103 Å². The lowest BCUT2D eigenvalue weighted by molar-refractivity contribution is -0.751. The summed E-state index contributed by atoms with van der Waals surface area (Å²) in [6, 6.07) is 21.7. The molecule has 2 aliphatic heterocycles. The standard InChI is InChI=1S/C55H67FN10O6S/c1-36(2)43-7-5-6-8-44(43)49-35-64(34-38-13-19-57-20-14-38)23-24-66(49)40-28-55(29-40)17-21-65(22-18-55)39-9-10-45(50(25-39)72-41-26-46-47(56)33-61-51(46)59-31-41)53(67)62-73(70,71)42-27-48(63(4)69)52(60-32-42)58-30-37-11-15-54(3,68)16-12-37/h5-10,13-14,19-20,25-27,31-33,36-37,40,49,63,68H,11-12,15-18,21-24,28-30,34-35H2,1-4H3,(H,58,60)(H,59,61)(H,62,67)/t37?,49-,54?/m0/s1. The van der Waals surface area contributed by atoms with Crippen molar-refractivity contribution in [2.24, 2.45) is 11.3 Å². The lowest BCUT2D eigenvalue weighted by atomic mass is 9.59. The van der Waals surface area contributed by atoms with Gasteiger partial charge >= 0.3 is 0 Å². The smallest absolute Gasteiger partial charge is 0.268 e. The zero-order valence-electron chi connectivity index (χ0n) is 42.1. The fraction of sp³-hybridized carbons (Fsp3) is 0.455. The van der Waals surface area contributed by atoms with Gasteiger partial charge in [0.05, 0.1) is 36.0 Å². The molecule has 0 radical (unpaired) electrons. The molecule has 2 saturated heterocycles. The average molecular weight is 1020 g/mol. The number of carbonyl (C=O) groups is 1. The van der Waals surface area contributed by atoms with Gasteiger partial charge in [0.2, 0.25) is 0 Å². The van der Waals surface area contributed by atoms with Crippen LogP contribution in [0.4, 0.5) is 21.6 Å². The van der Waals surface area contributed by atoms with Crippen LogP contribution in [-0.2, 0) is 16.6 Å². The van der Waals surface area contributed by atoms with Crippen LogP contribution in [0, 0.1) is 22.4 Å². The van der Waals surface area contributed by atoms with Gasteiger partial charge in [0, 0.05) is 94.3 Å². The molecule has 386 valence electrons. The Bertz CT molecular complexity index is 3040. The summed E-state index contributed by atoms with van der Waals surface area (Å²) in [6.45, 7) is 12.4. The van der Waals surface area contributed by atoms with E-state index in [9.17, 15) is 27.9 Å². The summed E-state index contributed by atoms with van der Waals surface area (Å²) < 4.78 is 51.0. The van der Waals surface area contributed by atoms with Crippen molar-refractivity contribution in [2.45, 2.75) is 107 Å². The average Bonchev–Trinajstić information content (AvgIpc) is 3.74. The van der Waals surface area contributed by atoms with Crippen molar-refractivity contribution in [1.29, 1.82) is 0 Å². The molecule has 16 nitrogen and oxygen atoms in total. The van der Waals surface area contributed by atoms with E-state index in [4.69, 9.17) is 4.74 Å². The molecule has 2 saturated carbocycles. The molecular weight excluding hydrogens is 948 g/mol. The van der Waals surface area contributed by atoms with Gasteiger partial charge in [-0.15, -0.1) is 0 Å². The summed E-state index contributed by atoms with van der Waals surface area (Å²) in [5.74, 6) is -0.351. The van der Waals surface area contributed by atoms with Crippen LogP contribution in [0.5, 0.6) is 11.5 Å². The van der Waals surface area contributed by atoms with Gasteiger partial charge < -0.3 is 35.3 Å². The Labute approximate surface area is 427 Å². The number of quaternary nitrogens is 1. The molecule has 6 aromatic rings.